The van der Waals surface area contributed by atoms with E-state index >= 15 is 0 Å². The lowest BCUT2D eigenvalue weighted by atomic mass is 10.0. The molecule has 6 aromatic carbocycles. The average molecular weight is 654 g/mol. The molecular formula is C47H47N3. The molecule has 0 saturated heterocycles. The standard InChI is InChI=1S/C47H47N3/c1-34(2)41-19-29-44(30-20-41)49(45-31-21-42(22-32-45)35(3)4)43-27-17-39(18-28-43)12-11-38-13-15-40(16-14-38)33-48-50(46-23-7-36(5)8-24-46)47-25-9-37(6)10-26-47/h7-35H,1-6H3/b12-11+,48-33+. The van der Waals surface area contributed by atoms with Crippen LogP contribution in [0.4, 0.5) is 28.4 Å². The van der Waals surface area contributed by atoms with Gasteiger partial charge in [-0.25, -0.2) is 5.01 Å². The predicted molar refractivity (Wildman–Crippen MR) is 217 cm³/mol. The predicted octanol–water partition coefficient (Wildman–Crippen LogP) is 13.4. The molecule has 0 heterocycles. The van der Waals surface area contributed by atoms with E-state index in [9.17, 15) is 0 Å². The largest absolute Gasteiger partial charge is 0.311 e. The lowest BCUT2D eigenvalue weighted by Gasteiger charge is -2.26. The molecule has 0 saturated carbocycles. The van der Waals surface area contributed by atoms with Crippen LogP contribution in [0.3, 0.4) is 0 Å². The molecule has 0 unspecified atom stereocenters. The number of hydrogen-bond acceptors (Lipinski definition) is 3. The second-order valence-corrected chi connectivity index (χ2v) is 13.6. The van der Waals surface area contributed by atoms with Crippen LogP contribution < -0.4 is 9.91 Å². The summed E-state index contributed by atoms with van der Waals surface area (Å²) in [5.74, 6) is 0.994. The van der Waals surface area contributed by atoms with Gasteiger partial charge in [0.25, 0.3) is 0 Å². The molecule has 250 valence electrons. The highest BCUT2D eigenvalue weighted by Crippen LogP contribution is 2.36. The quantitative estimate of drug-likeness (QED) is 0.0787. The maximum Gasteiger partial charge on any atom is 0.0652 e. The van der Waals surface area contributed by atoms with Gasteiger partial charge in [0.1, 0.15) is 0 Å². The van der Waals surface area contributed by atoms with Gasteiger partial charge in [-0.05, 0) is 114 Å². The summed E-state index contributed by atoms with van der Waals surface area (Å²) in [4.78, 5) is 2.33. The molecule has 3 nitrogen and oxygen atoms in total. The minimum Gasteiger partial charge on any atom is -0.311 e. The summed E-state index contributed by atoms with van der Waals surface area (Å²) in [7, 11) is 0. The van der Waals surface area contributed by atoms with Crippen molar-refractivity contribution in [3.8, 4) is 0 Å². The summed E-state index contributed by atoms with van der Waals surface area (Å²) >= 11 is 0. The molecule has 0 bridgehead atoms. The Balaban J connectivity index is 1.18. The van der Waals surface area contributed by atoms with Gasteiger partial charge in [0.05, 0.1) is 17.6 Å². The summed E-state index contributed by atoms with van der Waals surface area (Å²) in [6.45, 7) is 13.1. The number of benzene rings is 6. The van der Waals surface area contributed by atoms with Gasteiger partial charge >= 0.3 is 0 Å². The fourth-order valence-electron chi connectivity index (χ4n) is 5.86. The second-order valence-electron chi connectivity index (χ2n) is 13.6. The van der Waals surface area contributed by atoms with E-state index in [2.05, 4.69) is 204 Å². The summed E-state index contributed by atoms with van der Waals surface area (Å²) in [6.07, 6.45) is 6.25. The first-order valence-electron chi connectivity index (χ1n) is 17.6. The van der Waals surface area contributed by atoms with Gasteiger partial charge in [0.15, 0.2) is 0 Å². The zero-order valence-corrected chi connectivity index (χ0v) is 30.1. The Morgan fingerprint density at radius 1 is 0.400 bits per heavy atom. The summed E-state index contributed by atoms with van der Waals surface area (Å²) in [5.41, 5.74) is 13.9. The second kappa shape index (κ2) is 15.7. The SMILES string of the molecule is Cc1ccc(N(/N=C/c2ccc(/C=C/c3ccc(N(c4ccc(C(C)C)cc4)c4ccc(C(C)C)cc4)cc3)cc2)c2ccc(C)cc2)cc1. The van der Waals surface area contributed by atoms with E-state index in [1.165, 1.54) is 22.3 Å². The molecular weight excluding hydrogens is 607 g/mol. The number of anilines is 5. The van der Waals surface area contributed by atoms with Crippen LogP contribution in [0.15, 0.2) is 151 Å². The molecule has 0 aliphatic rings. The Kier molecular flexibility index (Phi) is 10.7. The Labute approximate surface area is 298 Å². The molecule has 0 aliphatic carbocycles. The van der Waals surface area contributed by atoms with Gasteiger partial charge in [0.2, 0.25) is 0 Å². The van der Waals surface area contributed by atoms with E-state index in [0.29, 0.717) is 11.8 Å². The molecule has 0 amide bonds. The van der Waals surface area contributed by atoms with Crippen molar-refractivity contribution in [1.29, 1.82) is 0 Å². The summed E-state index contributed by atoms with van der Waals surface area (Å²) in [5, 5.41) is 6.88. The van der Waals surface area contributed by atoms with E-state index < -0.39 is 0 Å². The van der Waals surface area contributed by atoms with E-state index in [4.69, 9.17) is 5.10 Å². The van der Waals surface area contributed by atoms with Crippen LogP contribution >= 0.6 is 0 Å². The van der Waals surface area contributed by atoms with Crippen molar-refractivity contribution in [2.45, 2.75) is 53.4 Å². The van der Waals surface area contributed by atoms with Gasteiger partial charge in [0, 0.05) is 17.1 Å². The Hall–Kier alpha value is -5.67. The molecule has 0 radical (unpaired) electrons. The molecule has 50 heavy (non-hydrogen) atoms. The van der Waals surface area contributed by atoms with Crippen molar-refractivity contribution in [2.24, 2.45) is 5.10 Å². The monoisotopic (exact) mass is 653 g/mol. The Morgan fingerprint density at radius 2 is 0.720 bits per heavy atom. The van der Waals surface area contributed by atoms with Gasteiger partial charge < -0.3 is 4.90 Å². The van der Waals surface area contributed by atoms with Crippen LogP contribution in [0.5, 0.6) is 0 Å². The van der Waals surface area contributed by atoms with Crippen molar-refractivity contribution >= 4 is 46.8 Å². The van der Waals surface area contributed by atoms with Crippen molar-refractivity contribution in [3.05, 3.63) is 185 Å². The number of nitrogens with zero attached hydrogens (tertiary/aromatic N) is 3. The van der Waals surface area contributed by atoms with Crippen LogP contribution in [0.2, 0.25) is 0 Å². The van der Waals surface area contributed by atoms with Crippen LogP contribution in [0, 0.1) is 13.8 Å². The van der Waals surface area contributed by atoms with Crippen molar-refractivity contribution in [1.82, 2.24) is 0 Å². The van der Waals surface area contributed by atoms with E-state index in [0.717, 1.165) is 45.1 Å². The third kappa shape index (κ3) is 8.48. The first-order chi connectivity index (χ1) is 24.2. The van der Waals surface area contributed by atoms with Gasteiger partial charge in [-0.2, -0.15) is 5.10 Å². The number of rotatable bonds is 11. The third-order valence-corrected chi connectivity index (χ3v) is 9.07. The van der Waals surface area contributed by atoms with Gasteiger partial charge in [-0.15, -0.1) is 0 Å². The molecule has 0 atom stereocenters. The van der Waals surface area contributed by atoms with Crippen LogP contribution in [0.25, 0.3) is 12.2 Å². The molecule has 0 spiro atoms. The maximum absolute atomic E-state index is 4.89. The number of hydrazone groups is 1. The molecule has 3 heteroatoms. The molecule has 0 aliphatic heterocycles. The highest BCUT2D eigenvalue weighted by atomic mass is 15.5. The van der Waals surface area contributed by atoms with Crippen molar-refractivity contribution < 1.29 is 0 Å². The molecule has 0 aromatic heterocycles. The van der Waals surface area contributed by atoms with Crippen molar-refractivity contribution in [2.75, 3.05) is 9.91 Å². The minimum absolute atomic E-state index is 0.497. The van der Waals surface area contributed by atoms with E-state index in [1.54, 1.807) is 0 Å². The minimum atomic E-state index is 0.497. The molecule has 0 N–H and O–H groups in total. The zero-order chi connectivity index (χ0) is 35.0. The van der Waals surface area contributed by atoms with Crippen molar-refractivity contribution in [3.63, 3.8) is 0 Å². The average Bonchev–Trinajstić information content (AvgIpc) is 3.14. The van der Waals surface area contributed by atoms with Gasteiger partial charge in [-0.3, -0.25) is 0 Å². The number of aryl methyl sites for hydroxylation is 2. The first-order valence-corrected chi connectivity index (χ1v) is 17.6. The van der Waals surface area contributed by atoms with Crippen LogP contribution in [0.1, 0.15) is 78.5 Å². The van der Waals surface area contributed by atoms with E-state index in [1.807, 2.05) is 11.2 Å². The molecule has 0 fully saturated rings. The lowest BCUT2D eigenvalue weighted by molar-refractivity contribution is 0.866. The zero-order valence-electron chi connectivity index (χ0n) is 30.1. The third-order valence-electron chi connectivity index (χ3n) is 9.07. The maximum atomic E-state index is 4.89. The fourth-order valence-corrected chi connectivity index (χ4v) is 5.86. The Bertz CT molecular complexity index is 1920. The molecule has 6 rings (SSSR count). The topological polar surface area (TPSA) is 18.8 Å². The normalized spacial score (nSPS) is 11.6. The lowest BCUT2D eigenvalue weighted by Crippen LogP contribution is -2.10. The fraction of sp³-hybridized carbons (Fsp3) is 0.170. The van der Waals surface area contributed by atoms with Crippen LogP contribution in [-0.4, -0.2) is 6.21 Å². The highest BCUT2D eigenvalue weighted by Gasteiger charge is 2.14. The highest BCUT2D eigenvalue weighted by molar-refractivity contribution is 5.83. The number of hydrogen-bond donors (Lipinski definition) is 0. The summed E-state index contributed by atoms with van der Waals surface area (Å²) in [6, 6.07) is 52.1. The van der Waals surface area contributed by atoms with Crippen LogP contribution in [-0.2, 0) is 0 Å². The van der Waals surface area contributed by atoms with E-state index in [-0.39, 0.29) is 0 Å². The summed E-state index contributed by atoms with van der Waals surface area (Å²) < 4.78 is 0. The smallest absolute Gasteiger partial charge is 0.0652 e. The Morgan fingerprint density at radius 3 is 1.10 bits per heavy atom. The molecule has 6 aromatic rings. The first kappa shape index (κ1) is 34.2. The van der Waals surface area contributed by atoms with Gasteiger partial charge in [-0.1, -0.05) is 136 Å².